The van der Waals surface area contributed by atoms with Crippen LogP contribution in [0.15, 0.2) is 48.7 Å². The van der Waals surface area contributed by atoms with Crippen molar-refractivity contribution in [2.45, 2.75) is 19.6 Å². The van der Waals surface area contributed by atoms with E-state index in [1.807, 2.05) is 0 Å². The first-order valence-electron chi connectivity index (χ1n) is 9.06. The van der Waals surface area contributed by atoms with E-state index >= 15 is 0 Å². The van der Waals surface area contributed by atoms with Gasteiger partial charge in [-0.2, -0.15) is 18.3 Å². The molecule has 30 heavy (non-hydrogen) atoms. The number of ether oxygens (including phenoxy) is 1. The summed E-state index contributed by atoms with van der Waals surface area (Å²) in [6.07, 6.45) is -3.23. The molecule has 0 N–H and O–H groups in total. The maximum atomic E-state index is 13.9. The number of carbonyl (C=O) groups excluding carboxylic acids is 1. The van der Waals surface area contributed by atoms with Gasteiger partial charge in [-0.15, -0.1) is 0 Å². The number of pyridine rings is 1. The van der Waals surface area contributed by atoms with Gasteiger partial charge in [0.25, 0.3) is 0 Å². The lowest BCUT2D eigenvalue weighted by Crippen LogP contribution is -2.14. The minimum Gasteiger partial charge on any atom is -0.465 e. The number of nitrogens with zero attached hydrogens (tertiary/aromatic N) is 3. The molecule has 4 rings (SSSR count). The summed E-state index contributed by atoms with van der Waals surface area (Å²) in [6.45, 7) is 1.40. The fourth-order valence-corrected chi connectivity index (χ4v) is 3.43. The minimum absolute atomic E-state index is 0.0137. The monoisotopic (exact) mass is 417 g/mol. The second kappa shape index (κ2) is 7.40. The predicted molar refractivity (Wildman–Crippen MR) is 102 cm³/mol. The highest BCUT2D eigenvalue weighted by Gasteiger charge is 2.35. The van der Waals surface area contributed by atoms with Crippen LogP contribution in [-0.2, 0) is 22.3 Å². The predicted octanol–water partition coefficient (Wildman–Crippen LogP) is 4.97. The van der Waals surface area contributed by atoms with Gasteiger partial charge in [-0.1, -0.05) is 6.07 Å². The number of rotatable bonds is 4. The smallest absolute Gasteiger partial charge is 0.417 e. The number of hydrogen-bond donors (Lipinski definition) is 0. The fourth-order valence-electron chi connectivity index (χ4n) is 3.43. The van der Waals surface area contributed by atoms with Gasteiger partial charge in [0.15, 0.2) is 0 Å². The Kier molecular flexibility index (Phi) is 4.89. The SMILES string of the molecule is CCOC(=O)Cn1nc(-c2ccnc3ccc(F)cc23)c2c(C(F)(F)F)cccc21. The van der Waals surface area contributed by atoms with E-state index in [-0.39, 0.29) is 35.3 Å². The first-order valence-corrected chi connectivity index (χ1v) is 9.06. The number of benzene rings is 2. The molecule has 0 aliphatic heterocycles. The summed E-state index contributed by atoms with van der Waals surface area (Å²) in [5.41, 5.74) is -0.101. The van der Waals surface area contributed by atoms with E-state index in [1.54, 1.807) is 6.92 Å². The fraction of sp³-hybridized carbons (Fsp3) is 0.190. The highest BCUT2D eigenvalue weighted by molar-refractivity contribution is 6.04. The summed E-state index contributed by atoms with van der Waals surface area (Å²) in [5, 5.41) is 4.44. The molecule has 0 saturated heterocycles. The van der Waals surface area contributed by atoms with Gasteiger partial charge >= 0.3 is 12.1 Å². The van der Waals surface area contributed by atoms with Gasteiger partial charge in [0.1, 0.15) is 18.1 Å². The van der Waals surface area contributed by atoms with E-state index < -0.39 is 23.5 Å². The lowest BCUT2D eigenvalue weighted by molar-refractivity contribution is -0.144. The number of alkyl halides is 3. The molecule has 0 aliphatic rings. The molecule has 0 atom stereocenters. The maximum absolute atomic E-state index is 13.9. The summed E-state index contributed by atoms with van der Waals surface area (Å²) >= 11 is 0. The topological polar surface area (TPSA) is 57.0 Å². The molecule has 0 aliphatic carbocycles. The molecular weight excluding hydrogens is 402 g/mol. The zero-order valence-corrected chi connectivity index (χ0v) is 15.7. The summed E-state index contributed by atoms with van der Waals surface area (Å²) in [4.78, 5) is 16.1. The molecule has 0 unspecified atom stereocenters. The third-order valence-electron chi connectivity index (χ3n) is 4.63. The Morgan fingerprint density at radius 1 is 1.17 bits per heavy atom. The van der Waals surface area contributed by atoms with Crippen LogP contribution in [0.2, 0.25) is 0 Å². The number of halogens is 4. The molecule has 0 saturated carbocycles. The standard InChI is InChI=1S/C21H15F4N3O2/c1-2-30-18(29)11-28-17-5-3-4-15(21(23,24)25)19(17)20(27-28)13-8-9-26-16-7-6-12(22)10-14(13)16/h3-10H,2,11H2,1H3. The highest BCUT2D eigenvalue weighted by Crippen LogP contribution is 2.41. The Labute approximate surface area is 167 Å². The van der Waals surface area contributed by atoms with Gasteiger partial charge in [0.05, 0.1) is 23.2 Å². The van der Waals surface area contributed by atoms with Gasteiger partial charge in [-0.3, -0.25) is 14.5 Å². The quantitative estimate of drug-likeness (QED) is 0.347. The van der Waals surface area contributed by atoms with Crippen LogP contribution in [0.1, 0.15) is 12.5 Å². The van der Waals surface area contributed by atoms with Crippen molar-refractivity contribution in [3.63, 3.8) is 0 Å². The molecule has 0 bridgehead atoms. The van der Waals surface area contributed by atoms with E-state index in [0.29, 0.717) is 10.9 Å². The van der Waals surface area contributed by atoms with E-state index in [9.17, 15) is 22.4 Å². The Morgan fingerprint density at radius 3 is 2.70 bits per heavy atom. The van der Waals surface area contributed by atoms with E-state index in [1.165, 1.54) is 47.3 Å². The molecule has 154 valence electrons. The Balaban J connectivity index is 2.05. The molecule has 2 aromatic heterocycles. The van der Waals surface area contributed by atoms with Gasteiger partial charge < -0.3 is 4.74 Å². The first kappa shape index (κ1) is 19.8. The Morgan fingerprint density at radius 2 is 1.97 bits per heavy atom. The number of aromatic nitrogens is 3. The molecule has 4 aromatic rings. The van der Waals surface area contributed by atoms with Crippen molar-refractivity contribution < 1.29 is 27.1 Å². The Bertz CT molecular complexity index is 1260. The van der Waals surface area contributed by atoms with Crippen molar-refractivity contribution >= 4 is 27.8 Å². The van der Waals surface area contributed by atoms with Crippen molar-refractivity contribution in [2.24, 2.45) is 0 Å². The van der Waals surface area contributed by atoms with Crippen molar-refractivity contribution in [3.05, 3.63) is 60.0 Å². The largest absolute Gasteiger partial charge is 0.465 e. The summed E-state index contributed by atoms with van der Waals surface area (Å²) in [6, 6.07) is 8.99. The summed E-state index contributed by atoms with van der Waals surface area (Å²) in [7, 11) is 0. The normalized spacial score (nSPS) is 11.9. The maximum Gasteiger partial charge on any atom is 0.417 e. The molecule has 0 radical (unpaired) electrons. The van der Waals surface area contributed by atoms with Crippen LogP contribution in [0.25, 0.3) is 33.1 Å². The van der Waals surface area contributed by atoms with Gasteiger partial charge in [-0.05, 0) is 43.3 Å². The van der Waals surface area contributed by atoms with Crippen molar-refractivity contribution in [3.8, 4) is 11.3 Å². The van der Waals surface area contributed by atoms with Crippen LogP contribution >= 0.6 is 0 Å². The third kappa shape index (κ3) is 3.47. The van der Waals surface area contributed by atoms with E-state index in [4.69, 9.17) is 4.74 Å². The zero-order valence-electron chi connectivity index (χ0n) is 15.7. The van der Waals surface area contributed by atoms with Crippen LogP contribution in [0.3, 0.4) is 0 Å². The molecular formula is C21H15F4N3O2. The average molecular weight is 417 g/mol. The molecule has 9 heteroatoms. The lowest BCUT2D eigenvalue weighted by Gasteiger charge is -2.10. The van der Waals surface area contributed by atoms with Gasteiger partial charge in [0, 0.05) is 22.5 Å². The molecule has 2 heterocycles. The minimum atomic E-state index is -4.65. The van der Waals surface area contributed by atoms with Gasteiger partial charge in [-0.25, -0.2) is 4.39 Å². The lowest BCUT2D eigenvalue weighted by atomic mass is 10.00. The van der Waals surface area contributed by atoms with Crippen molar-refractivity contribution in [2.75, 3.05) is 6.61 Å². The van der Waals surface area contributed by atoms with Crippen LogP contribution in [0.4, 0.5) is 17.6 Å². The Hall–Kier alpha value is -3.49. The number of fused-ring (bicyclic) bond motifs is 2. The number of hydrogen-bond acceptors (Lipinski definition) is 4. The second-order valence-corrected chi connectivity index (χ2v) is 6.53. The van der Waals surface area contributed by atoms with Crippen LogP contribution < -0.4 is 0 Å². The van der Waals surface area contributed by atoms with Crippen LogP contribution in [0, 0.1) is 5.82 Å². The zero-order chi connectivity index (χ0) is 21.5. The number of carbonyl (C=O) groups is 1. The number of esters is 1. The van der Waals surface area contributed by atoms with Crippen molar-refractivity contribution in [1.29, 1.82) is 0 Å². The molecule has 0 fully saturated rings. The van der Waals surface area contributed by atoms with Crippen molar-refractivity contribution in [1.82, 2.24) is 14.8 Å². The first-order chi connectivity index (χ1) is 14.3. The molecule has 0 amide bonds. The highest BCUT2D eigenvalue weighted by atomic mass is 19.4. The van der Waals surface area contributed by atoms with E-state index in [0.717, 1.165) is 6.07 Å². The molecule has 2 aromatic carbocycles. The van der Waals surface area contributed by atoms with Gasteiger partial charge in [0.2, 0.25) is 0 Å². The molecule has 5 nitrogen and oxygen atoms in total. The summed E-state index contributed by atoms with van der Waals surface area (Å²) in [5.74, 6) is -1.18. The second-order valence-electron chi connectivity index (χ2n) is 6.53. The third-order valence-corrected chi connectivity index (χ3v) is 4.63. The van der Waals surface area contributed by atoms with Crippen LogP contribution in [-0.4, -0.2) is 27.3 Å². The molecule has 0 spiro atoms. The van der Waals surface area contributed by atoms with E-state index in [2.05, 4.69) is 10.1 Å². The van der Waals surface area contributed by atoms with Crippen LogP contribution in [0.5, 0.6) is 0 Å². The average Bonchev–Trinajstić information content (AvgIpc) is 3.05. The summed E-state index contributed by atoms with van der Waals surface area (Å²) < 4.78 is 61.3.